The molecule has 172 valence electrons. The van der Waals surface area contributed by atoms with Gasteiger partial charge in [-0.3, -0.25) is 4.79 Å². The lowest BCUT2D eigenvalue weighted by Gasteiger charge is -2.33. The van der Waals surface area contributed by atoms with Crippen molar-refractivity contribution in [1.29, 1.82) is 0 Å². The van der Waals surface area contributed by atoms with Crippen molar-refractivity contribution in [3.8, 4) is 0 Å². The van der Waals surface area contributed by atoms with Crippen LogP contribution >= 0.6 is 0 Å². The number of ether oxygens (including phenoxy) is 1. The van der Waals surface area contributed by atoms with Gasteiger partial charge in [-0.2, -0.15) is 0 Å². The minimum atomic E-state index is -3.57. The normalized spacial score (nSPS) is 16.1. The number of nitrogens with zero attached hydrogens (tertiary/aromatic N) is 2. The fourth-order valence-electron chi connectivity index (χ4n) is 3.81. The smallest absolute Gasteiger partial charge is 0.338 e. The Morgan fingerprint density at radius 2 is 1.62 bits per heavy atom. The van der Waals surface area contributed by atoms with Crippen molar-refractivity contribution in [2.45, 2.75) is 37.2 Å². The standard InChI is InChI=1S/C24H30N2O5S/c1-18(31-24(28)21-9-11-22(12-10-21)32(29,30)25(2)3)23(27)26-15-13-20(14-16-26)17-19-7-5-4-6-8-19/h4-12,18,20H,13-17H2,1-3H3. The molecule has 7 nitrogen and oxygen atoms in total. The molecule has 1 aliphatic heterocycles. The average molecular weight is 459 g/mol. The summed E-state index contributed by atoms with van der Waals surface area (Å²) < 4.78 is 30.7. The van der Waals surface area contributed by atoms with Crippen LogP contribution in [0.2, 0.25) is 0 Å². The summed E-state index contributed by atoms with van der Waals surface area (Å²) in [5.41, 5.74) is 1.51. The molecular weight excluding hydrogens is 428 g/mol. The minimum absolute atomic E-state index is 0.0848. The molecular formula is C24H30N2O5S. The molecule has 2 aromatic rings. The first-order valence-electron chi connectivity index (χ1n) is 10.7. The molecule has 1 aliphatic rings. The first kappa shape index (κ1) is 23.9. The highest BCUT2D eigenvalue weighted by Gasteiger charge is 2.28. The van der Waals surface area contributed by atoms with Crippen LogP contribution in [0, 0.1) is 5.92 Å². The van der Waals surface area contributed by atoms with Gasteiger partial charge in [0, 0.05) is 27.2 Å². The molecule has 32 heavy (non-hydrogen) atoms. The van der Waals surface area contributed by atoms with Crippen molar-refractivity contribution in [1.82, 2.24) is 9.21 Å². The molecule has 2 aromatic carbocycles. The van der Waals surface area contributed by atoms with E-state index in [9.17, 15) is 18.0 Å². The molecule has 1 fully saturated rings. The number of likely N-dealkylation sites (tertiary alicyclic amines) is 1. The van der Waals surface area contributed by atoms with Crippen molar-refractivity contribution in [2.75, 3.05) is 27.2 Å². The van der Waals surface area contributed by atoms with E-state index in [1.165, 1.54) is 43.9 Å². The third kappa shape index (κ3) is 5.75. The third-order valence-electron chi connectivity index (χ3n) is 5.79. The largest absolute Gasteiger partial charge is 0.449 e. The molecule has 0 saturated carbocycles. The molecule has 0 spiro atoms. The third-order valence-corrected chi connectivity index (χ3v) is 7.62. The zero-order valence-corrected chi connectivity index (χ0v) is 19.5. The summed E-state index contributed by atoms with van der Waals surface area (Å²) in [6, 6.07) is 15.8. The number of rotatable bonds is 7. The summed E-state index contributed by atoms with van der Waals surface area (Å²) in [6.45, 7) is 2.87. The van der Waals surface area contributed by atoms with Gasteiger partial charge in [0.2, 0.25) is 10.0 Å². The quantitative estimate of drug-likeness (QED) is 0.596. The maximum Gasteiger partial charge on any atom is 0.338 e. The SMILES string of the molecule is CC(OC(=O)c1ccc(S(=O)(=O)N(C)C)cc1)C(=O)N1CCC(Cc2ccccc2)CC1. The molecule has 0 aliphatic carbocycles. The average Bonchev–Trinajstić information content (AvgIpc) is 2.79. The number of sulfonamides is 1. The van der Waals surface area contributed by atoms with Crippen LogP contribution in [0.3, 0.4) is 0 Å². The van der Waals surface area contributed by atoms with Crippen LogP contribution in [0.5, 0.6) is 0 Å². The van der Waals surface area contributed by atoms with Gasteiger partial charge < -0.3 is 9.64 Å². The van der Waals surface area contributed by atoms with E-state index in [0.29, 0.717) is 19.0 Å². The Labute approximate surface area is 190 Å². The van der Waals surface area contributed by atoms with Gasteiger partial charge in [-0.25, -0.2) is 17.5 Å². The van der Waals surface area contributed by atoms with Gasteiger partial charge in [0.15, 0.2) is 6.10 Å². The van der Waals surface area contributed by atoms with Crippen LogP contribution < -0.4 is 0 Å². The maximum absolute atomic E-state index is 12.8. The van der Waals surface area contributed by atoms with Gasteiger partial charge >= 0.3 is 5.97 Å². The van der Waals surface area contributed by atoms with E-state index in [1.807, 2.05) is 18.2 Å². The Morgan fingerprint density at radius 1 is 1.03 bits per heavy atom. The molecule has 0 aromatic heterocycles. The molecule has 0 N–H and O–H groups in total. The Hall–Kier alpha value is -2.71. The number of esters is 1. The monoisotopic (exact) mass is 458 g/mol. The summed E-state index contributed by atoms with van der Waals surface area (Å²) in [4.78, 5) is 27.0. The second-order valence-corrected chi connectivity index (χ2v) is 10.5. The molecule has 1 amide bonds. The number of piperidine rings is 1. The van der Waals surface area contributed by atoms with Crippen molar-refractivity contribution in [2.24, 2.45) is 5.92 Å². The van der Waals surface area contributed by atoms with E-state index < -0.39 is 22.1 Å². The molecule has 1 heterocycles. The Kier molecular flexibility index (Phi) is 7.69. The predicted octanol–water partition coefficient (Wildman–Crippen LogP) is 2.96. The van der Waals surface area contributed by atoms with Gasteiger partial charge in [0.25, 0.3) is 5.91 Å². The summed E-state index contributed by atoms with van der Waals surface area (Å²) in [5.74, 6) is -0.321. The van der Waals surface area contributed by atoms with Crippen LogP contribution in [-0.4, -0.2) is 62.8 Å². The number of amides is 1. The number of carbonyl (C=O) groups is 2. The Balaban J connectivity index is 1.51. The lowest BCUT2D eigenvalue weighted by Crippen LogP contribution is -2.44. The van der Waals surface area contributed by atoms with E-state index >= 15 is 0 Å². The summed E-state index contributed by atoms with van der Waals surface area (Å²) in [6.07, 6.45) is 1.94. The molecule has 8 heteroatoms. The highest BCUT2D eigenvalue weighted by Crippen LogP contribution is 2.22. The summed E-state index contributed by atoms with van der Waals surface area (Å²) in [5, 5.41) is 0. The second kappa shape index (κ2) is 10.3. The highest BCUT2D eigenvalue weighted by atomic mass is 32.2. The highest BCUT2D eigenvalue weighted by molar-refractivity contribution is 7.89. The van der Waals surface area contributed by atoms with E-state index in [-0.39, 0.29) is 16.4 Å². The Morgan fingerprint density at radius 3 is 2.19 bits per heavy atom. The van der Waals surface area contributed by atoms with Crippen molar-refractivity contribution in [3.05, 3.63) is 65.7 Å². The van der Waals surface area contributed by atoms with Crippen LogP contribution in [0.1, 0.15) is 35.7 Å². The fourth-order valence-corrected chi connectivity index (χ4v) is 4.72. The van der Waals surface area contributed by atoms with Crippen LogP contribution in [0.4, 0.5) is 0 Å². The van der Waals surface area contributed by atoms with E-state index in [2.05, 4.69) is 12.1 Å². The lowest BCUT2D eigenvalue weighted by molar-refractivity contribution is -0.141. The predicted molar refractivity (Wildman–Crippen MR) is 122 cm³/mol. The summed E-state index contributed by atoms with van der Waals surface area (Å²) >= 11 is 0. The molecule has 0 radical (unpaired) electrons. The van der Waals surface area contributed by atoms with E-state index in [0.717, 1.165) is 23.6 Å². The van der Waals surface area contributed by atoms with Crippen LogP contribution in [0.15, 0.2) is 59.5 Å². The van der Waals surface area contributed by atoms with Crippen molar-refractivity contribution in [3.63, 3.8) is 0 Å². The lowest BCUT2D eigenvalue weighted by atomic mass is 9.90. The fraction of sp³-hybridized carbons (Fsp3) is 0.417. The topological polar surface area (TPSA) is 84.0 Å². The number of carbonyl (C=O) groups excluding carboxylic acids is 2. The molecule has 1 saturated heterocycles. The molecule has 1 unspecified atom stereocenters. The number of benzene rings is 2. The Bertz CT molecular complexity index is 1030. The van der Waals surface area contributed by atoms with Crippen LogP contribution in [0.25, 0.3) is 0 Å². The zero-order valence-electron chi connectivity index (χ0n) is 18.7. The van der Waals surface area contributed by atoms with Gasteiger partial charge in [-0.15, -0.1) is 0 Å². The van der Waals surface area contributed by atoms with Gasteiger partial charge in [-0.05, 0) is 61.9 Å². The van der Waals surface area contributed by atoms with Gasteiger partial charge in [0.1, 0.15) is 0 Å². The second-order valence-electron chi connectivity index (χ2n) is 8.32. The number of hydrogen-bond donors (Lipinski definition) is 0. The minimum Gasteiger partial charge on any atom is -0.449 e. The number of hydrogen-bond acceptors (Lipinski definition) is 5. The van der Waals surface area contributed by atoms with E-state index in [1.54, 1.807) is 11.8 Å². The maximum atomic E-state index is 12.8. The zero-order chi connectivity index (χ0) is 23.3. The molecule has 0 bridgehead atoms. The van der Waals surface area contributed by atoms with Crippen molar-refractivity contribution < 1.29 is 22.7 Å². The first-order valence-corrected chi connectivity index (χ1v) is 12.2. The molecule has 3 rings (SSSR count). The van der Waals surface area contributed by atoms with E-state index in [4.69, 9.17) is 4.74 Å². The summed E-state index contributed by atoms with van der Waals surface area (Å²) in [7, 11) is -0.695. The van der Waals surface area contributed by atoms with Gasteiger partial charge in [-0.1, -0.05) is 30.3 Å². The molecule has 1 atom stereocenters. The van der Waals surface area contributed by atoms with Gasteiger partial charge in [0.05, 0.1) is 10.5 Å². The van der Waals surface area contributed by atoms with Crippen LogP contribution in [-0.2, 0) is 26.0 Å². The van der Waals surface area contributed by atoms with Crippen molar-refractivity contribution >= 4 is 21.9 Å². The first-order chi connectivity index (χ1) is 15.2.